The molecule has 0 unspecified atom stereocenters. The van der Waals surface area contributed by atoms with E-state index < -0.39 is 15.4 Å². The number of para-hydroxylation sites is 1. The lowest BCUT2D eigenvalue weighted by Crippen LogP contribution is -2.35. The second-order valence-corrected chi connectivity index (χ2v) is 10.7. The van der Waals surface area contributed by atoms with Gasteiger partial charge in [-0.05, 0) is 56.4 Å². The molecule has 4 bridgehead atoms. The Morgan fingerprint density at radius 1 is 1.19 bits per heavy atom. The Labute approximate surface area is 186 Å². The Morgan fingerprint density at radius 2 is 2.00 bits per heavy atom. The van der Waals surface area contributed by atoms with Crippen molar-refractivity contribution in [3.63, 3.8) is 0 Å². The van der Waals surface area contributed by atoms with Crippen molar-refractivity contribution in [2.75, 3.05) is 6.26 Å². The van der Waals surface area contributed by atoms with Gasteiger partial charge in [-0.3, -0.25) is 0 Å². The van der Waals surface area contributed by atoms with E-state index in [0.29, 0.717) is 59.9 Å². The van der Waals surface area contributed by atoms with Crippen LogP contribution in [-0.2, 0) is 28.5 Å². The van der Waals surface area contributed by atoms with Crippen LogP contribution in [0.4, 0.5) is 4.39 Å². The molecule has 1 aliphatic carbocycles. The average Bonchev–Trinajstić information content (AvgIpc) is 3.30. The van der Waals surface area contributed by atoms with Crippen LogP contribution in [0, 0.1) is 12.7 Å². The van der Waals surface area contributed by atoms with Crippen molar-refractivity contribution >= 4 is 10.0 Å². The van der Waals surface area contributed by atoms with Gasteiger partial charge in [-0.2, -0.15) is 0 Å². The van der Waals surface area contributed by atoms with Gasteiger partial charge in [-0.1, -0.05) is 24.3 Å². The van der Waals surface area contributed by atoms with E-state index in [-0.39, 0.29) is 18.5 Å². The minimum absolute atomic E-state index is 0.203. The average molecular weight is 457 g/mol. The number of hydrogen-bond acceptors (Lipinski definition) is 5. The van der Waals surface area contributed by atoms with Crippen molar-refractivity contribution in [2.45, 2.75) is 50.7 Å². The van der Waals surface area contributed by atoms with E-state index in [0.717, 1.165) is 5.56 Å². The van der Waals surface area contributed by atoms with Gasteiger partial charge in [0.05, 0.1) is 11.7 Å². The van der Waals surface area contributed by atoms with Gasteiger partial charge in [0.15, 0.2) is 0 Å². The third-order valence-corrected chi connectivity index (χ3v) is 7.21. The van der Waals surface area contributed by atoms with Crippen molar-refractivity contribution in [1.82, 2.24) is 9.71 Å². The zero-order valence-electron chi connectivity index (χ0n) is 18.0. The van der Waals surface area contributed by atoms with Crippen LogP contribution >= 0.6 is 0 Å². The number of benzene rings is 2. The molecule has 2 aromatic carbocycles. The number of sulfonamides is 1. The predicted molar refractivity (Wildman–Crippen MR) is 118 cm³/mol. The number of halogens is 1. The molecule has 3 aromatic rings. The minimum Gasteiger partial charge on any atom is -0.487 e. The Bertz CT molecular complexity index is 1290. The summed E-state index contributed by atoms with van der Waals surface area (Å²) in [7, 11) is -3.33. The summed E-state index contributed by atoms with van der Waals surface area (Å²) in [4.78, 5) is 4.80. The first-order valence-electron chi connectivity index (χ1n) is 10.7. The number of rotatable bonds is 2. The molecule has 0 saturated heterocycles. The molecular weight excluding hydrogens is 431 g/mol. The van der Waals surface area contributed by atoms with E-state index in [1.54, 1.807) is 6.07 Å². The molecule has 1 aromatic heterocycles. The quantitative estimate of drug-likeness (QED) is 0.623. The topological polar surface area (TPSA) is 81.4 Å². The fraction of sp³-hybridized carbons (Fsp3) is 0.375. The van der Waals surface area contributed by atoms with Gasteiger partial charge in [-0.15, -0.1) is 0 Å². The third-order valence-electron chi connectivity index (χ3n) is 6.45. The number of oxazole rings is 1. The number of aryl methyl sites for hydroxylation is 1. The summed E-state index contributed by atoms with van der Waals surface area (Å²) in [5, 5.41) is 0. The molecule has 1 aliphatic heterocycles. The number of hydrogen-bond donors (Lipinski definition) is 1. The molecule has 5 rings (SSSR count). The van der Waals surface area contributed by atoms with Crippen molar-refractivity contribution in [2.24, 2.45) is 0 Å². The second kappa shape index (κ2) is 7.71. The van der Waals surface area contributed by atoms with Gasteiger partial charge >= 0.3 is 0 Å². The maximum atomic E-state index is 14.9. The summed E-state index contributed by atoms with van der Waals surface area (Å²) in [5.41, 5.74) is 2.32. The second-order valence-electron chi connectivity index (χ2n) is 8.91. The van der Waals surface area contributed by atoms with E-state index in [2.05, 4.69) is 4.72 Å². The molecule has 1 saturated carbocycles. The zero-order valence-corrected chi connectivity index (χ0v) is 18.8. The predicted octanol–water partition coefficient (Wildman–Crippen LogP) is 4.26. The highest BCUT2D eigenvalue weighted by atomic mass is 32.2. The molecule has 2 atom stereocenters. The lowest BCUT2D eigenvalue weighted by Gasteiger charge is -2.27. The van der Waals surface area contributed by atoms with Gasteiger partial charge in [-0.25, -0.2) is 22.5 Å². The minimum atomic E-state index is -3.33. The highest BCUT2D eigenvalue weighted by molar-refractivity contribution is 7.88. The fourth-order valence-electron chi connectivity index (χ4n) is 4.99. The van der Waals surface area contributed by atoms with Crippen molar-refractivity contribution < 1.29 is 22.0 Å². The molecule has 168 valence electrons. The van der Waals surface area contributed by atoms with Gasteiger partial charge in [0.2, 0.25) is 15.9 Å². The normalized spacial score (nSPS) is 22.7. The molecule has 6 nitrogen and oxygen atoms in total. The van der Waals surface area contributed by atoms with Gasteiger partial charge < -0.3 is 9.15 Å². The fourth-order valence-corrected chi connectivity index (χ4v) is 5.80. The lowest BCUT2D eigenvalue weighted by atomic mass is 9.79. The first-order chi connectivity index (χ1) is 15.2. The van der Waals surface area contributed by atoms with Crippen LogP contribution in [0.5, 0.6) is 5.75 Å². The number of nitrogens with one attached hydrogen (secondary N) is 1. The summed E-state index contributed by atoms with van der Waals surface area (Å²) < 4.78 is 53.5. The van der Waals surface area contributed by atoms with E-state index >= 15 is 0 Å². The Hall–Kier alpha value is -2.71. The molecule has 0 radical (unpaired) electrons. The molecule has 32 heavy (non-hydrogen) atoms. The molecule has 8 heteroatoms. The molecule has 2 heterocycles. The summed E-state index contributed by atoms with van der Waals surface area (Å²) in [6.45, 7) is 2.06. The van der Waals surface area contributed by atoms with Crippen molar-refractivity contribution in [3.05, 3.63) is 71.2 Å². The van der Waals surface area contributed by atoms with Crippen LogP contribution in [0.2, 0.25) is 0 Å². The van der Waals surface area contributed by atoms with Crippen LogP contribution in [0.25, 0.3) is 11.1 Å². The molecule has 2 aliphatic rings. The highest BCUT2D eigenvalue weighted by Crippen LogP contribution is 2.45. The summed E-state index contributed by atoms with van der Waals surface area (Å²) in [5.74, 6) is 1.53. The Morgan fingerprint density at radius 3 is 2.81 bits per heavy atom. The number of fused-ring (bicyclic) bond motifs is 7. The van der Waals surface area contributed by atoms with E-state index in [1.165, 1.54) is 12.3 Å². The summed E-state index contributed by atoms with van der Waals surface area (Å²) >= 11 is 0. The van der Waals surface area contributed by atoms with E-state index in [1.807, 2.05) is 37.3 Å². The third kappa shape index (κ3) is 3.93. The number of aromatic nitrogens is 1. The number of nitrogens with zero attached hydrogens (tertiary/aromatic N) is 1. The Kier molecular flexibility index (Phi) is 5.09. The van der Waals surface area contributed by atoms with Gasteiger partial charge in [0, 0.05) is 17.2 Å². The van der Waals surface area contributed by atoms with Crippen molar-refractivity contribution in [1.29, 1.82) is 0 Å². The van der Waals surface area contributed by atoms with Gasteiger partial charge in [0.1, 0.15) is 29.6 Å². The van der Waals surface area contributed by atoms with Crippen LogP contribution in [0.3, 0.4) is 0 Å². The van der Waals surface area contributed by atoms with Crippen molar-refractivity contribution in [3.8, 4) is 16.9 Å². The van der Waals surface area contributed by atoms with E-state index in [9.17, 15) is 12.8 Å². The molecule has 1 N–H and O–H groups in total. The first kappa shape index (κ1) is 21.2. The smallest absolute Gasteiger partial charge is 0.208 e. The molecule has 1 spiro atoms. The molecule has 0 amide bonds. The first-order valence-corrected chi connectivity index (χ1v) is 12.6. The largest absolute Gasteiger partial charge is 0.487 e. The van der Waals surface area contributed by atoms with Crippen LogP contribution < -0.4 is 9.46 Å². The van der Waals surface area contributed by atoms with Gasteiger partial charge in [0.25, 0.3) is 0 Å². The highest BCUT2D eigenvalue weighted by Gasteiger charge is 2.45. The van der Waals surface area contributed by atoms with Crippen LogP contribution in [-0.4, -0.2) is 25.7 Å². The van der Waals surface area contributed by atoms with Crippen LogP contribution in [0.1, 0.15) is 42.2 Å². The maximum absolute atomic E-state index is 14.9. The molecule has 1 fully saturated rings. The molecular formula is C24H25FN2O4S. The van der Waals surface area contributed by atoms with Crippen LogP contribution in [0.15, 0.2) is 46.9 Å². The lowest BCUT2D eigenvalue weighted by molar-refractivity contribution is 0.300. The maximum Gasteiger partial charge on any atom is 0.208 e. The van der Waals surface area contributed by atoms with E-state index in [4.69, 9.17) is 14.1 Å². The standard InChI is InChI=1S/C24H25FN2O4S/c1-15-21-14-30-22-6-4-3-5-18(22)19-11-16(7-8-20(19)25)12-24(23(26-21)31-15)10-9-17(13-24)27-32(2,28)29/h3-8,11,17,27H,9-10,12-14H2,1-2H3/t17-,24+/m0/s1. The number of ether oxygens (including phenoxy) is 1. The Balaban J connectivity index is 1.64. The monoisotopic (exact) mass is 456 g/mol. The zero-order chi connectivity index (χ0) is 22.5. The summed E-state index contributed by atoms with van der Waals surface area (Å²) in [6.07, 6.45) is 3.70. The SMILES string of the molecule is Cc1oc2nc1COc1ccccc1-c1cc(ccc1F)C[C@@]21CC[C@H](NS(C)(=O)=O)C1. The summed E-state index contributed by atoms with van der Waals surface area (Å²) in [6, 6.07) is 12.3.